The van der Waals surface area contributed by atoms with Crippen LogP contribution >= 0.6 is 0 Å². The Morgan fingerprint density at radius 1 is 1.38 bits per heavy atom. The van der Waals surface area contributed by atoms with E-state index in [0.29, 0.717) is 0 Å². The summed E-state index contributed by atoms with van der Waals surface area (Å²) in [6, 6.07) is 0.0847. The van der Waals surface area contributed by atoms with Crippen molar-refractivity contribution in [2.24, 2.45) is 0 Å². The Morgan fingerprint density at radius 2 is 2.00 bits per heavy atom. The van der Waals surface area contributed by atoms with Gasteiger partial charge in [-0.25, -0.2) is 0 Å². The molecular formula is C11H21NO. The molecule has 0 unspecified atom stereocenters. The van der Waals surface area contributed by atoms with Crippen LogP contribution in [0, 0.1) is 0 Å². The summed E-state index contributed by atoms with van der Waals surface area (Å²) in [6.45, 7) is 3.78. The molecule has 0 rings (SSSR count). The Labute approximate surface area is 81.6 Å². The van der Waals surface area contributed by atoms with E-state index in [1.165, 1.54) is 0 Å². The summed E-state index contributed by atoms with van der Waals surface area (Å²) in [7, 11) is 3.91. The second kappa shape index (κ2) is 6.84. The Morgan fingerprint density at radius 3 is 2.38 bits per heavy atom. The van der Waals surface area contributed by atoms with Crippen LogP contribution in [0.1, 0.15) is 33.1 Å². The predicted octanol–water partition coefficient (Wildman–Crippen LogP) is 2.25. The van der Waals surface area contributed by atoms with Crippen LogP contribution in [0.5, 0.6) is 0 Å². The molecule has 13 heavy (non-hydrogen) atoms. The first-order valence-corrected chi connectivity index (χ1v) is 4.91. The molecule has 0 bridgehead atoms. The predicted molar refractivity (Wildman–Crippen MR) is 56.8 cm³/mol. The molecule has 0 spiro atoms. The Balaban J connectivity index is 3.84. The minimum atomic E-state index is 0.0847. The van der Waals surface area contributed by atoms with Gasteiger partial charge in [-0.3, -0.25) is 9.69 Å². The highest BCUT2D eigenvalue weighted by molar-refractivity contribution is 5.81. The van der Waals surface area contributed by atoms with Crippen LogP contribution in [-0.2, 0) is 4.79 Å². The van der Waals surface area contributed by atoms with E-state index in [2.05, 4.69) is 19.1 Å². The summed E-state index contributed by atoms with van der Waals surface area (Å²) in [5.41, 5.74) is 0. The fourth-order valence-electron chi connectivity index (χ4n) is 1.36. The maximum absolute atomic E-state index is 11.2. The highest BCUT2D eigenvalue weighted by Crippen LogP contribution is 2.05. The SMILES string of the molecule is CC/C=C/CC[C@@H](C(C)=O)N(C)C. The van der Waals surface area contributed by atoms with E-state index in [0.717, 1.165) is 19.3 Å². The van der Waals surface area contributed by atoms with Crippen LogP contribution in [0.2, 0.25) is 0 Å². The van der Waals surface area contributed by atoms with Crippen molar-refractivity contribution in [1.29, 1.82) is 0 Å². The lowest BCUT2D eigenvalue weighted by Crippen LogP contribution is -2.33. The molecule has 0 aromatic heterocycles. The summed E-state index contributed by atoms with van der Waals surface area (Å²) in [5, 5.41) is 0. The molecule has 0 saturated heterocycles. The number of hydrogen-bond acceptors (Lipinski definition) is 2. The van der Waals surface area contributed by atoms with Crippen LogP contribution in [-0.4, -0.2) is 30.8 Å². The summed E-state index contributed by atoms with van der Waals surface area (Å²) >= 11 is 0. The highest BCUT2D eigenvalue weighted by atomic mass is 16.1. The van der Waals surface area contributed by atoms with Gasteiger partial charge < -0.3 is 0 Å². The second-order valence-electron chi connectivity index (χ2n) is 3.55. The lowest BCUT2D eigenvalue weighted by Gasteiger charge is -2.20. The molecule has 0 heterocycles. The smallest absolute Gasteiger partial charge is 0.146 e. The average Bonchev–Trinajstić information content (AvgIpc) is 2.02. The number of carbonyl (C=O) groups is 1. The molecule has 1 atom stereocenters. The number of Topliss-reactive ketones (excluding diaryl/α,β-unsaturated/α-hetero) is 1. The van der Waals surface area contributed by atoms with Gasteiger partial charge in [0.2, 0.25) is 0 Å². The van der Waals surface area contributed by atoms with E-state index in [1.54, 1.807) is 6.92 Å². The van der Waals surface area contributed by atoms with Crippen molar-refractivity contribution in [3.05, 3.63) is 12.2 Å². The van der Waals surface area contributed by atoms with Crippen molar-refractivity contribution in [3.63, 3.8) is 0 Å². The maximum Gasteiger partial charge on any atom is 0.146 e. The topological polar surface area (TPSA) is 20.3 Å². The number of ketones is 1. The second-order valence-corrected chi connectivity index (χ2v) is 3.55. The van der Waals surface area contributed by atoms with E-state index >= 15 is 0 Å². The zero-order valence-corrected chi connectivity index (χ0v) is 9.21. The minimum absolute atomic E-state index is 0.0847. The largest absolute Gasteiger partial charge is 0.300 e. The lowest BCUT2D eigenvalue weighted by molar-refractivity contribution is -0.121. The first-order valence-electron chi connectivity index (χ1n) is 4.91. The van der Waals surface area contributed by atoms with Gasteiger partial charge in [-0.05, 0) is 40.3 Å². The third-order valence-electron chi connectivity index (χ3n) is 2.10. The molecule has 0 aliphatic carbocycles. The molecule has 0 N–H and O–H groups in total. The first kappa shape index (κ1) is 12.4. The molecule has 2 heteroatoms. The van der Waals surface area contributed by atoms with Gasteiger partial charge in [0.05, 0.1) is 6.04 Å². The van der Waals surface area contributed by atoms with E-state index in [4.69, 9.17) is 0 Å². The van der Waals surface area contributed by atoms with Crippen molar-refractivity contribution < 1.29 is 4.79 Å². The van der Waals surface area contributed by atoms with Crippen molar-refractivity contribution in [2.45, 2.75) is 39.2 Å². The standard InChI is InChI=1S/C11H21NO/c1-5-6-7-8-9-11(10(2)13)12(3)4/h6-7,11H,5,8-9H2,1-4H3/b7-6+/t11-/m0/s1. The van der Waals surface area contributed by atoms with Crippen LogP contribution in [0.15, 0.2) is 12.2 Å². The van der Waals surface area contributed by atoms with Crippen molar-refractivity contribution in [1.82, 2.24) is 4.90 Å². The number of likely N-dealkylation sites (N-methyl/N-ethyl adjacent to an activating group) is 1. The van der Waals surface area contributed by atoms with Crippen molar-refractivity contribution >= 4 is 5.78 Å². The van der Waals surface area contributed by atoms with Gasteiger partial charge in [0, 0.05) is 0 Å². The van der Waals surface area contributed by atoms with Gasteiger partial charge in [0.1, 0.15) is 5.78 Å². The molecule has 0 radical (unpaired) electrons. The number of nitrogens with zero attached hydrogens (tertiary/aromatic N) is 1. The van der Waals surface area contributed by atoms with E-state index in [9.17, 15) is 4.79 Å². The molecule has 0 amide bonds. The summed E-state index contributed by atoms with van der Waals surface area (Å²) < 4.78 is 0. The van der Waals surface area contributed by atoms with Crippen LogP contribution < -0.4 is 0 Å². The number of rotatable bonds is 6. The first-order chi connectivity index (χ1) is 6.09. The quantitative estimate of drug-likeness (QED) is 0.589. The minimum Gasteiger partial charge on any atom is -0.300 e. The number of hydrogen-bond donors (Lipinski definition) is 0. The van der Waals surface area contributed by atoms with Gasteiger partial charge in [-0.1, -0.05) is 19.1 Å². The van der Waals surface area contributed by atoms with E-state index < -0.39 is 0 Å². The fraction of sp³-hybridized carbons (Fsp3) is 0.727. The summed E-state index contributed by atoms with van der Waals surface area (Å²) in [6.07, 6.45) is 7.30. The zero-order chi connectivity index (χ0) is 10.3. The summed E-state index contributed by atoms with van der Waals surface area (Å²) in [5.74, 6) is 0.259. The third-order valence-corrected chi connectivity index (χ3v) is 2.10. The van der Waals surface area contributed by atoms with Gasteiger partial charge in [-0.2, -0.15) is 0 Å². The molecule has 0 aromatic carbocycles. The normalized spacial score (nSPS) is 13.9. The van der Waals surface area contributed by atoms with Gasteiger partial charge in [0.25, 0.3) is 0 Å². The average molecular weight is 183 g/mol. The monoisotopic (exact) mass is 183 g/mol. The lowest BCUT2D eigenvalue weighted by atomic mass is 10.1. The Bertz CT molecular complexity index is 173. The van der Waals surface area contributed by atoms with Crippen LogP contribution in [0.4, 0.5) is 0 Å². The molecule has 76 valence electrons. The van der Waals surface area contributed by atoms with Gasteiger partial charge in [0.15, 0.2) is 0 Å². The molecule has 0 fully saturated rings. The molecule has 0 aliphatic rings. The zero-order valence-electron chi connectivity index (χ0n) is 9.21. The summed E-state index contributed by atoms with van der Waals surface area (Å²) in [4.78, 5) is 13.2. The van der Waals surface area contributed by atoms with Gasteiger partial charge in [-0.15, -0.1) is 0 Å². The van der Waals surface area contributed by atoms with Gasteiger partial charge >= 0.3 is 0 Å². The van der Waals surface area contributed by atoms with E-state index in [-0.39, 0.29) is 11.8 Å². The molecule has 0 aliphatic heterocycles. The van der Waals surface area contributed by atoms with Crippen molar-refractivity contribution in [2.75, 3.05) is 14.1 Å². The molecule has 2 nitrogen and oxygen atoms in total. The highest BCUT2D eigenvalue weighted by Gasteiger charge is 2.14. The number of carbonyl (C=O) groups excluding carboxylic acids is 1. The van der Waals surface area contributed by atoms with Crippen LogP contribution in [0.3, 0.4) is 0 Å². The van der Waals surface area contributed by atoms with Crippen molar-refractivity contribution in [3.8, 4) is 0 Å². The van der Waals surface area contributed by atoms with Crippen LogP contribution in [0.25, 0.3) is 0 Å². The Hall–Kier alpha value is -0.630. The molecule has 0 saturated carbocycles. The number of allylic oxidation sites excluding steroid dienone is 2. The third kappa shape index (κ3) is 5.58. The molecular weight excluding hydrogens is 162 g/mol. The molecule has 0 aromatic rings. The maximum atomic E-state index is 11.2. The Kier molecular flexibility index (Phi) is 6.51. The fourth-order valence-corrected chi connectivity index (χ4v) is 1.36. The van der Waals surface area contributed by atoms with E-state index in [1.807, 2.05) is 19.0 Å².